The summed E-state index contributed by atoms with van der Waals surface area (Å²) in [7, 11) is 0. The Morgan fingerprint density at radius 1 is 1.03 bits per heavy atom. The first-order valence-corrected chi connectivity index (χ1v) is 11.9. The highest BCUT2D eigenvalue weighted by atomic mass is 79.9. The summed E-state index contributed by atoms with van der Waals surface area (Å²) in [4.78, 5) is 28.5. The molecule has 4 aromatic rings. The van der Waals surface area contributed by atoms with Gasteiger partial charge in [0.05, 0.1) is 17.7 Å². The van der Waals surface area contributed by atoms with Crippen LogP contribution in [0, 0.1) is 0 Å². The van der Waals surface area contributed by atoms with Gasteiger partial charge in [-0.3, -0.25) is 14.5 Å². The molecular formula is C28H22BrNO5. The molecule has 0 spiro atoms. The van der Waals surface area contributed by atoms with E-state index in [0.717, 1.165) is 9.86 Å². The second-order valence-electron chi connectivity index (χ2n) is 8.54. The Labute approximate surface area is 210 Å². The minimum absolute atomic E-state index is 0.0429. The number of rotatable bonds is 6. The van der Waals surface area contributed by atoms with Crippen molar-refractivity contribution in [3.8, 4) is 5.75 Å². The normalized spacial score (nSPS) is 15.9. The lowest BCUT2D eigenvalue weighted by molar-refractivity contribution is -0.117. The van der Waals surface area contributed by atoms with Crippen molar-refractivity contribution in [2.75, 3.05) is 4.90 Å². The van der Waals surface area contributed by atoms with E-state index in [1.807, 2.05) is 44.2 Å². The zero-order valence-electron chi connectivity index (χ0n) is 19.1. The van der Waals surface area contributed by atoms with Gasteiger partial charge in [0.2, 0.25) is 5.78 Å². The minimum Gasteiger partial charge on any atom is -0.503 e. The number of ether oxygens (including phenoxy) is 1. The topological polar surface area (TPSA) is 80.0 Å². The second kappa shape index (κ2) is 9.07. The predicted molar refractivity (Wildman–Crippen MR) is 137 cm³/mol. The Morgan fingerprint density at radius 2 is 1.80 bits per heavy atom. The van der Waals surface area contributed by atoms with Crippen molar-refractivity contribution < 1.29 is 23.8 Å². The highest BCUT2D eigenvalue weighted by Gasteiger charge is 2.45. The Kier molecular flexibility index (Phi) is 5.94. The van der Waals surface area contributed by atoms with Crippen molar-refractivity contribution in [1.82, 2.24) is 0 Å². The number of halogens is 1. The van der Waals surface area contributed by atoms with Gasteiger partial charge in [0.1, 0.15) is 11.3 Å². The van der Waals surface area contributed by atoms with Crippen LogP contribution in [0.25, 0.3) is 11.0 Å². The van der Waals surface area contributed by atoms with Crippen LogP contribution >= 0.6 is 15.9 Å². The molecule has 1 aliphatic heterocycles. The number of para-hydroxylation sites is 1. The Morgan fingerprint density at radius 3 is 2.54 bits per heavy atom. The van der Waals surface area contributed by atoms with Crippen LogP contribution in [-0.4, -0.2) is 22.9 Å². The molecule has 0 aliphatic carbocycles. The van der Waals surface area contributed by atoms with Crippen LogP contribution in [-0.2, 0) is 4.79 Å². The van der Waals surface area contributed by atoms with Crippen LogP contribution in [0.15, 0.2) is 99.1 Å². The molecule has 35 heavy (non-hydrogen) atoms. The van der Waals surface area contributed by atoms with E-state index in [4.69, 9.17) is 9.15 Å². The Balaban J connectivity index is 1.65. The van der Waals surface area contributed by atoms with Crippen molar-refractivity contribution in [1.29, 1.82) is 0 Å². The number of hydrogen-bond acceptors (Lipinski definition) is 5. The molecule has 7 heteroatoms. The summed E-state index contributed by atoms with van der Waals surface area (Å²) in [5, 5.41) is 11.7. The number of amides is 1. The number of benzene rings is 3. The number of hydrogen-bond donors (Lipinski definition) is 1. The summed E-state index contributed by atoms with van der Waals surface area (Å²) < 4.78 is 12.5. The van der Waals surface area contributed by atoms with E-state index in [-0.39, 0.29) is 17.4 Å². The van der Waals surface area contributed by atoms with Gasteiger partial charge in [-0.2, -0.15) is 0 Å². The first kappa shape index (κ1) is 22.9. The summed E-state index contributed by atoms with van der Waals surface area (Å²) in [6, 6.07) is 22.3. The minimum atomic E-state index is -0.868. The van der Waals surface area contributed by atoms with Gasteiger partial charge in [-0.1, -0.05) is 46.3 Å². The lowest BCUT2D eigenvalue weighted by Crippen LogP contribution is -2.31. The monoisotopic (exact) mass is 531 g/mol. The molecule has 1 aliphatic rings. The number of aliphatic hydroxyl groups is 1. The fourth-order valence-electron chi connectivity index (χ4n) is 4.30. The number of furan rings is 1. The van der Waals surface area contributed by atoms with Crippen molar-refractivity contribution in [2.24, 2.45) is 0 Å². The lowest BCUT2D eigenvalue weighted by Gasteiger charge is -2.27. The molecule has 5 rings (SSSR count). The van der Waals surface area contributed by atoms with Gasteiger partial charge in [-0.25, -0.2) is 0 Å². The van der Waals surface area contributed by atoms with E-state index in [1.165, 1.54) is 4.90 Å². The van der Waals surface area contributed by atoms with Crippen LogP contribution in [0.4, 0.5) is 5.69 Å². The van der Waals surface area contributed by atoms with Gasteiger partial charge < -0.3 is 14.3 Å². The molecule has 1 amide bonds. The van der Waals surface area contributed by atoms with Gasteiger partial charge in [0.15, 0.2) is 11.5 Å². The highest BCUT2D eigenvalue weighted by molar-refractivity contribution is 9.10. The summed E-state index contributed by atoms with van der Waals surface area (Å²) in [5.41, 5.74) is 1.68. The second-order valence-corrected chi connectivity index (χ2v) is 9.45. The third-order valence-corrected chi connectivity index (χ3v) is 6.23. The van der Waals surface area contributed by atoms with Crippen LogP contribution in [0.3, 0.4) is 0 Å². The average molecular weight is 532 g/mol. The van der Waals surface area contributed by atoms with Crippen molar-refractivity contribution in [3.63, 3.8) is 0 Å². The quantitative estimate of drug-likeness (QED) is 0.278. The van der Waals surface area contributed by atoms with E-state index in [0.29, 0.717) is 22.6 Å². The van der Waals surface area contributed by atoms with Crippen LogP contribution in [0.5, 0.6) is 5.75 Å². The zero-order valence-corrected chi connectivity index (χ0v) is 20.7. The van der Waals surface area contributed by atoms with Crippen molar-refractivity contribution in [2.45, 2.75) is 26.0 Å². The van der Waals surface area contributed by atoms with Gasteiger partial charge in [0, 0.05) is 15.5 Å². The standard InChI is InChI=1S/C28H22BrNO5/c1-16(2)34-21-10-6-7-17(14-21)25-24(27(32)28(33)30(25)20-8-4-3-5-9-20)26(31)23-15-18-13-19(29)11-12-22(18)35-23/h3-16,25,32H,1-2H3. The molecule has 0 fully saturated rings. The number of anilines is 1. The maximum absolute atomic E-state index is 13.7. The molecule has 0 saturated carbocycles. The molecular weight excluding hydrogens is 510 g/mol. The Hall–Kier alpha value is -3.84. The summed E-state index contributed by atoms with van der Waals surface area (Å²) >= 11 is 3.42. The van der Waals surface area contributed by atoms with Gasteiger partial charge >= 0.3 is 0 Å². The molecule has 3 aromatic carbocycles. The molecule has 6 nitrogen and oxygen atoms in total. The first-order valence-electron chi connectivity index (χ1n) is 11.2. The number of ketones is 1. The van der Waals surface area contributed by atoms with Crippen molar-refractivity contribution in [3.05, 3.63) is 106 Å². The first-order chi connectivity index (χ1) is 16.8. The van der Waals surface area contributed by atoms with Gasteiger partial charge in [0.25, 0.3) is 5.91 Å². The number of carbonyl (C=O) groups is 2. The molecule has 1 N–H and O–H groups in total. The van der Waals surface area contributed by atoms with Crippen LogP contribution in [0.2, 0.25) is 0 Å². The number of Topliss-reactive ketones (excluding diaryl/α,β-unsaturated/α-hetero) is 1. The third-order valence-electron chi connectivity index (χ3n) is 5.73. The summed E-state index contributed by atoms with van der Waals surface area (Å²) in [6.07, 6.45) is -0.0550. The van der Waals surface area contributed by atoms with E-state index in [9.17, 15) is 14.7 Å². The summed E-state index contributed by atoms with van der Waals surface area (Å²) in [5.74, 6) is -1.16. The number of fused-ring (bicyclic) bond motifs is 1. The van der Waals surface area contributed by atoms with E-state index >= 15 is 0 Å². The molecule has 1 unspecified atom stereocenters. The van der Waals surface area contributed by atoms with E-state index < -0.39 is 23.5 Å². The van der Waals surface area contributed by atoms with Gasteiger partial charge in [-0.15, -0.1) is 0 Å². The van der Waals surface area contributed by atoms with Crippen LogP contribution < -0.4 is 9.64 Å². The summed E-state index contributed by atoms with van der Waals surface area (Å²) in [6.45, 7) is 3.84. The molecule has 0 radical (unpaired) electrons. The van der Waals surface area contributed by atoms with E-state index in [2.05, 4.69) is 15.9 Å². The van der Waals surface area contributed by atoms with Crippen molar-refractivity contribution >= 4 is 44.3 Å². The number of nitrogens with zero attached hydrogens (tertiary/aromatic N) is 1. The average Bonchev–Trinajstić information content (AvgIpc) is 3.37. The molecule has 2 heterocycles. The fraction of sp³-hybridized carbons (Fsp3) is 0.143. The molecule has 0 saturated heterocycles. The zero-order chi connectivity index (χ0) is 24.7. The molecule has 0 bridgehead atoms. The predicted octanol–water partition coefficient (Wildman–Crippen LogP) is 6.77. The highest BCUT2D eigenvalue weighted by Crippen LogP contribution is 2.43. The number of carbonyl (C=O) groups excluding carboxylic acids is 2. The molecule has 1 aromatic heterocycles. The fourth-order valence-corrected chi connectivity index (χ4v) is 4.68. The number of aliphatic hydroxyl groups excluding tert-OH is 1. The maximum Gasteiger partial charge on any atom is 0.294 e. The van der Waals surface area contributed by atoms with E-state index in [1.54, 1.807) is 48.5 Å². The molecule has 176 valence electrons. The Bertz CT molecular complexity index is 1470. The van der Waals surface area contributed by atoms with Gasteiger partial charge in [-0.05, 0) is 67.9 Å². The molecule has 1 atom stereocenters. The SMILES string of the molecule is CC(C)Oc1cccc(C2C(C(=O)c3cc4cc(Br)ccc4o3)=C(O)C(=O)N2c2ccccc2)c1. The lowest BCUT2D eigenvalue weighted by atomic mass is 9.94. The van der Waals surface area contributed by atoms with Crippen LogP contribution in [0.1, 0.15) is 36.0 Å². The largest absolute Gasteiger partial charge is 0.503 e. The maximum atomic E-state index is 13.7. The smallest absolute Gasteiger partial charge is 0.294 e. The third kappa shape index (κ3) is 4.23.